The van der Waals surface area contributed by atoms with E-state index in [2.05, 4.69) is 15.3 Å². The minimum absolute atomic E-state index is 0.0419. The maximum absolute atomic E-state index is 13.0. The Morgan fingerprint density at radius 3 is 2.37 bits per heavy atom. The van der Waals surface area contributed by atoms with Gasteiger partial charge in [0.05, 0.1) is 14.2 Å². The summed E-state index contributed by atoms with van der Waals surface area (Å²) in [4.78, 5) is 23.8. The van der Waals surface area contributed by atoms with Crippen LogP contribution in [0, 0.1) is 0 Å². The zero-order chi connectivity index (χ0) is 21.7. The van der Waals surface area contributed by atoms with Crippen molar-refractivity contribution in [1.82, 2.24) is 14.9 Å². The highest BCUT2D eigenvalue weighted by molar-refractivity contribution is 5.99. The van der Waals surface area contributed by atoms with Gasteiger partial charge < -0.3 is 19.7 Å². The van der Waals surface area contributed by atoms with Gasteiger partial charge in [0.1, 0.15) is 11.4 Å². The average Bonchev–Trinajstić information content (AvgIpc) is 2.78. The highest BCUT2D eigenvalue weighted by Gasteiger charge is 2.21. The van der Waals surface area contributed by atoms with E-state index in [1.807, 2.05) is 50.2 Å². The lowest BCUT2D eigenvalue weighted by molar-refractivity contribution is 0.0755. The van der Waals surface area contributed by atoms with Gasteiger partial charge in [-0.15, -0.1) is 0 Å². The minimum Gasteiger partial charge on any atom is -0.493 e. The zero-order valence-electron chi connectivity index (χ0n) is 17.8. The Morgan fingerprint density at radius 2 is 1.73 bits per heavy atom. The van der Waals surface area contributed by atoms with Crippen LogP contribution in [0.15, 0.2) is 54.7 Å². The second-order valence-corrected chi connectivity index (χ2v) is 7.03. The van der Waals surface area contributed by atoms with E-state index in [1.165, 1.54) is 0 Å². The number of hydrogen-bond donors (Lipinski definition) is 1. The third-order valence-electron chi connectivity index (χ3n) is 4.79. The highest BCUT2D eigenvalue weighted by atomic mass is 16.5. The monoisotopic (exact) mass is 406 g/mol. The zero-order valence-corrected chi connectivity index (χ0v) is 17.8. The fraction of sp³-hybridized carbons (Fsp3) is 0.261. The number of ether oxygens (including phenoxy) is 2. The maximum atomic E-state index is 13.0. The lowest BCUT2D eigenvalue weighted by atomic mass is 10.2. The van der Waals surface area contributed by atoms with Crippen molar-refractivity contribution in [2.45, 2.75) is 19.9 Å². The van der Waals surface area contributed by atoms with Crippen LogP contribution >= 0.6 is 0 Å². The number of nitrogens with one attached hydrogen (secondary N) is 1. The van der Waals surface area contributed by atoms with E-state index in [-0.39, 0.29) is 11.9 Å². The predicted molar refractivity (Wildman–Crippen MR) is 118 cm³/mol. The van der Waals surface area contributed by atoms with E-state index in [0.717, 1.165) is 5.56 Å². The first-order valence-electron chi connectivity index (χ1n) is 9.63. The fourth-order valence-corrected chi connectivity index (χ4v) is 2.84. The van der Waals surface area contributed by atoms with Gasteiger partial charge >= 0.3 is 0 Å². The Labute approximate surface area is 176 Å². The van der Waals surface area contributed by atoms with Crippen LogP contribution in [0.2, 0.25) is 0 Å². The molecule has 0 atom stereocenters. The molecule has 7 heteroatoms. The number of aromatic nitrogens is 2. The molecule has 156 valence electrons. The summed E-state index contributed by atoms with van der Waals surface area (Å²) in [7, 11) is 4.92. The topological polar surface area (TPSA) is 76.6 Å². The van der Waals surface area contributed by atoms with Crippen LogP contribution in [0.3, 0.4) is 0 Å². The molecule has 1 aromatic heterocycles. The number of carbonyl (C=O) groups is 1. The molecule has 1 heterocycles. The Morgan fingerprint density at radius 1 is 1.03 bits per heavy atom. The number of carbonyl (C=O) groups excluding carboxylic acids is 1. The molecule has 7 nitrogen and oxygen atoms in total. The number of methoxy groups -OCH3 is 2. The lowest BCUT2D eigenvalue weighted by Gasteiger charge is -2.23. The molecule has 0 fully saturated rings. The van der Waals surface area contributed by atoms with Gasteiger partial charge in [0, 0.05) is 36.6 Å². The van der Waals surface area contributed by atoms with Gasteiger partial charge in [0.15, 0.2) is 17.3 Å². The molecule has 0 spiro atoms. The molecule has 1 N–H and O–H groups in total. The quantitative estimate of drug-likeness (QED) is 0.627. The van der Waals surface area contributed by atoms with Crippen LogP contribution in [0.25, 0.3) is 11.4 Å². The van der Waals surface area contributed by atoms with Crippen molar-refractivity contribution in [1.29, 1.82) is 0 Å². The summed E-state index contributed by atoms with van der Waals surface area (Å²) >= 11 is 0. The van der Waals surface area contributed by atoms with E-state index in [0.29, 0.717) is 34.4 Å². The van der Waals surface area contributed by atoms with E-state index in [9.17, 15) is 4.79 Å². The first-order chi connectivity index (χ1) is 14.4. The normalized spacial score (nSPS) is 10.6. The number of hydrogen-bond acceptors (Lipinski definition) is 6. The van der Waals surface area contributed by atoms with E-state index in [1.54, 1.807) is 44.5 Å². The summed E-state index contributed by atoms with van der Waals surface area (Å²) in [6, 6.07) is 15.1. The summed E-state index contributed by atoms with van der Waals surface area (Å²) < 4.78 is 10.7. The Kier molecular flexibility index (Phi) is 6.51. The van der Waals surface area contributed by atoms with Crippen molar-refractivity contribution in [3.63, 3.8) is 0 Å². The van der Waals surface area contributed by atoms with Crippen LogP contribution in [-0.4, -0.2) is 48.1 Å². The van der Waals surface area contributed by atoms with Gasteiger partial charge in [0.25, 0.3) is 5.91 Å². The molecular weight excluding hydrogens is 380 g/mol. The number of nitrogens with zero attached hydrogens (tertiary/aromatic N) is 3. The predicted octanol–water partition coefficient (Wildman–Crippen LogP) is 4.38. The number of anilines is 2. The first-order valence-corrected chi connectivity index (χ1v) is 9.63. The minimum atomic E-state index is -0.160. The SMILES string of the molecule is COc1ccc(Nc2nc(-c3ccccc3)ncc2C(=O)N(C)C(C)C)cc1OC. The van der Waals surface area contributed by atoms with Gasteiger partial charge in [-0.2, -0.15) is 0 Å². The molecule has 0 radical (unpaired) electrons. The summed E-state index contributed by atoms with van der Waals surface area (Å²) in [5.74, 6) is 1.99. The smallest absolute Gasteiger partial charge is 0.259 e. The molecule has 0 aliphatic carbocycles. The van der Waals surface area contributed by atoms with Crippen LogP contribution in [-0.2, 0) is 0 Å². The van der Waals surface area contributed by atoms with Crippen molar-refractivity contribution in [2.24, 2.45) is 0 Å². The molecule has 0 saturated heterocycles. The van der Waals surface area contributed by atoms with Crippen molar-refractivity contribution in [3.05, 3.63) is 60.3 Å². The lowest BCUT2D eigenvalue weighted by Crippen LogP contribution is -2.33. The van der Waals surface area contributed by atoms with E-state index in [4.69, 9.17) is 9.47 Å². The molecule has 3 aromatic rings. The average molecular weight is 406 g/mol. The largest absolute Gasteiger partial charge is 0.493 e. The third kappa shape index (κ3) is 4.51. The fourth-order valence-electron chi connectivity index (χ4n) is 2.84. The van der Waals surface area contributed by atoms with Crippen LogP contribution in [0.5, 0.6) is 11.5 Å². The third-order valence-corrected chi connectivity index (χ3v) is 4.79. The van der Waals surface area contributed by atoms with Crippen molar-refractivity contribution >= 4 is 17.4 Å². The molecule has 0 unspecified atom stereocenters. The number of rotatable bonds is 7. The van der Waals surface area contributed by atoms with E-state index < -0.39 is 0 Å². The van der Waals surface area contributed by atoms with Crippen LogP contribution < -0.4 is 14.8 Å². The molecule has 0 bridgehead atoms. The Balaban J connectivity index is 2.05. The van der Waals surface area contributed by atoms with Crippen LogP contribution in [0.1, 0.15) is 24.2 Å². The number of benzene rings is 2. The standard InChI is InChI=1S/C23H26N4O3/c1-15(2)27(3)23(28)18-14-24-21(16-9-7-6-8-10-16)26-22(18)25-17-11-12-19(29-4)20(13-17)30-5/h6-15H,1-5H3,(H,24,25,26). The molecule has 0 aliphatic heterocycles. The second-order valence-electron chi connectivity index (χ2n) is 7.03. The number of amides is 1. The second kappa shape index (κ2) is 9.26. The van der Waals surface area contributed by atoms with Gasteiger partial charge in [0.2, 0.25) is 0 Å². The molecule has 1 amide bonds. The summed E-state index contributed by atoms with van der Waals surface area (Å²) in [5.41, 5.74) is 1.97. The van der Waals surface area contributed by atoms with Gasteiger partial charge in [-0.1, -0.05) is 30.3 Å². The van der Waals surface area contributed by atoms with Gasteiger partial charge in [-0.25, -0.2) is 9.97 Å². The molecular formula is C23H26N4O3. The summed E-state index contributed by atoms with van der Waals surface area (Å²) in [6.45, 7) is 3.91. The van der Waals surface area contributed by atoms with Gasteiger partial charge in [-0.3, -0.25) is 4.79 Å². The maximum Gasteiger partial charge on any atom is 0.259 e. The molecule has 0 aliphatic rings. The van der Waals surface area contributed by atoms with Crippen molar-refractivity contribution < 1.29 is 14.3 Å². The molecule has 2 aromatic carbocycles. The summed E-state index contributed by atoms with van der Waals surface area (Å²) in [5, 5.41) is 3.25. The van der Waals surface area contributed by atoms with Crippen molar-refractivity contribution in [3.8, 4) is 22.9 Å². The Hall–Kier alpha value is -3.61. The first kappa shape index (κ1) is 21.1. The molecule has 0 saturated carbocycles. The van der Waals surface area contributed by atoms with Gasteiger partial charge in [-0.05, 0) is 26.0 Å². The summed E-state index contributed by atoms with van der Waals surface area (Å²) in [6.07, 6.45) is 1.57. The Bertz CT molecular complexity index is 1020. The molecule has 3 rings (SSSR count). The van der Waals surface area contributed by atoms with E-state index >= 15 is 0 Å². The highest BCUT2D eigenvalue weighted by Crippen LogP contribution is 2.32. The molecule has 30 heavy (non-hydrogen) atoms. The van der Waals surface area contributed by atoms with Crippen LogP contribution in [0.4, 0.5) is 11.5 Å². The van der Waals surface area contributed by atoms with Crippen molar-refractivity contribution in [2.75, 3.05) is 26.6 Å².